The molecule has 0 N–H and O–H groups in total. The van der Waals surface area contributed by atoms with E-state index in [0.717, 1.165) is 11.5 Å². The highest BCUT2D eigenvalue weighted by atomic mass is 15.6. The third-order valence-electron chi connectivity index (χ3n) is 2.25. The number of hydrogen-bond acceptors (Lipinski definition) is 3. The Morgan fingerprint density at radius 1 is 0.857 bits per heavy atom. The minimum atomic E-state index is 0.941. The fourth-order valence-corrected chi connectivity index (χ4v) is 1.59. The van der Waals surface area contributed by atoms with E-state index in [-0.39, 0.29) is 0 Å². The predicted molar refractivity (Wildman–Crippen MR) is 55.8 cm³/mol. The van der Waals surface area contributed by atoms with Crippen LogP contribution >= 0.6 is 0 Å². The number of allylic oxidation sites excluding steroid dienone is 5. The van der Waals surface area contributed by atoms with Crippen molar-refractivity contribution in [1.29, 1.82) is 0 Å². The van der Waals surface area contributed by atoms with Gasteiger partial charge in [0.1, 0.15) is 0 Å². The van der Waals surface area contributed by atoms with E-state index < -0.39 is 0 Å². The summed E-state index contributed by atoms with van der Waals surface area (Å²) in [4.78, 5) is 4.35. The largest absolute Gasteiger partial charge is 0.254 e. The Morgan fingerprint density at radius 2 is 1.64 bits per heavy atom. The Hall–Kier alpha value is -2.03. The number of rotatable bonds is 0. The lowest BCUT2D eigenvalue weighted by Gasteiger charge is -2.37. The maximum Gasteiger partial charge on any atom is 0.151 e. The zero-order valence-corrected chi connectivity index (χ0v) is 7.54. The molecule has 0 aromatic heterocycles. The van der Waals surface area contributed by atoms with Gasteiger partial charge in [0, 0.05) is 12.4 Å². The van der Waals surface area contributed by atoms with Gasteiger partial charge in [-0.25, -0.2) is 10.0 Å². The van der Waals surface area contributed by atoms with Gasteiger partial charge >= 0.3 is 0 Å². The fourth-order valence-electron chi connectivity index (χ4n) is 1.59. The molecule has 3 heterocycles. The smallest absolute Gasteiger partial charge is 0.151 e. The maximum atomic E-state index is 4.35. The number of fused-ring (bicyclic) bond motifs is 3. The number of amidine groups is 1. The van der Waals surface area contributed by atoms with Crippen molar-refractivity contribution in [2.75, 3.05) is 0 Å². The third-order valence-corrected chi connectivity index (χ3v) is 2.25. The SMILES string of the molecule is C1=CC2=CN=C3C=CC=CN3N2C=C1. The molecular weight excluding hydrogens is 174 g/mol. The molecule has 0 bridgehead atoms. The lowest BCUT2D eigenvalue weighted by Crippen LogP contribution is -2.41. The van der Waals surface area contributed by atoms with Gasteiger partial charge in [0.25, 0.3) is 0 Å². The Kier molecular flexibility index (Phi) is 1.44. The second-order valence-corrected chi connectivity index (χ2v) is 3.13. The van der Waals surface area contributed by atoms with Crippen LogP contribution in [0.15, 0.2) is 65.7 Å². The average Bonchev–Trinajstić information content (AvgIpc) is 2.29. The first-order valence-corrected chi connectivity index (χ1v) is 4.51. The van der Waals surface area contributed by atoms with Gasteiger partial charge in [-0.15, -0.1) is 0 Å². The summed E-state index contributed by atoms with van der Waals surface area (Å²) in [5, 5.41) is 4.07. The van der Waals surface area contributed by atoms with E-state index in [1.54, 1.807) is 0 Å². The number of hydrazine groups is 1. The van der Waals surface area contributed by atoms with Gasteiger partial charge in [0.15, 0.2) is 5.84 Å². The molecule has 3 aliphatic heterocycles. The van der Waals surface area contributed by atoms with Gasteiger partial charge < -0.3 is 0 Å². The van der Waals surface area contributed by atoms with Crippen molar-refractivity contribution >= 4 is 5.84 Å². The first kappa shape index (κ1) is 7.38. The van der Waals surface area contributed by atoms with Crippen molar-refractivity contribution in [2.45, 2.75) is 0 Å². The lowest BCUT2D eigenvalue weighted by atomic mass is 10.2. The summed E-state index contributed by atoms with van der Waals surface area (Å²) < 4.78 is 0. The molecule has 0 spiro atoms. The molecule has 3 aliphatic rings. The summed E-state index contributed by atoms with van der Waals surface area (Å²) in [6, 6.07) is 0. The van der Waals surface area contributed by atoms with Gasteiger partial charge in [-0.3, -0.25) is 5.01 Å². The van der Waals surface area contributed by atoms with Crippen LogP contribution in [0.3, 0.4) is 0 Å². The normalized spacial score (nSPS) is 21.7. The van der Waals surface area contributed by atoms with Gasteiger partial charge in [0.05, 0.1) is 11.9 Å². The zero-order chi connectivity index (χ0) is 9.38. The molecule has 14 heavy (non-hydrogen) atoms. The number of aliphatic imine (C=N–C) groups is 1. The minimum absolute atomic E-state index is 0.941. The highest BCUT2D eigenvalue weighted by Crippen LogP contribution is 2.22. The summed E-state index contributed by atoms with van der Waals surface area (Å²) >= 11 is 0. The molecule has 0 fully saturated rings. The van der Waals surface area contributed by atoms with Crippen LogP contribution in [0.4, 0.5) is 0 Å². The highest BCUT2D eigenvalue weighted by Gasteiger charge is 2.20. The fraction of sp³-hybridized carbons (Fsp3) is 0. The summed E-state index contributed by atoms with van der Waals surface area (Å²) in [5.41, 5.74) is 1.08. The first-order chi connectivity index (χ1) is 6.95. The molecule has 0 aromatic rings. The molecule has 0 saturated heterocycles. The Labute approximate surface area is 82.3 Å². The van der Waals surface area contributed by atoms with Crippen molar-refractivity contribution in [3.05, 3.63) is 60.8 Å². The van der Waals surface area contributed by atoms with Gasteiger partial charge in [-0.05, 0) is 24.3 Å². The van der Waals surface area contributed by atoms with Crippen LogP contribution in [0, 0.1) is 0 Å². The van der Waals surface area contributed by atoms with Crippen molar-refractivity contribution < 1.29 is 0 Å². The standard InChI is InChI=1S/C11H9N3/c1-3-7-13-10(5-1)9-12-11-6-2-4-8-14(11)13/h1-9H. The minimum Gasteiger partial charge on any atom is -0.254 e. The van der Waals surface area contributed by atoms with Crippen LogP contribution in [-0.2, 0) is 0 Å². The van der Waals surface area contributed by atoms with Crippen LogP contribution in [0.25, 0.3) is 0 Å². The molecule has 0 saturated carbocycles. The molecule has 0 aromatic carbocycles. The number of hydrogen-bond donors (Lipinski definition) is 0. The molecule has 0 radical (unpaired) electrons. The second kappa shape index (κ2) is 2.73. The summed E-state index contributed by atoms with van der Waals surface area (Å²) in [6.07, 6.45) is 17.9. The second-order valence-electron chi connectivity index (χ2n) is 3.13. The lowest BCUT2D eigenvalue weighted by molar-refractivity contribution is 0.212. The Balaban J connectivity index is 2.08. The molecular formula is C11H9N3. The van der Waals surface area contributed by atoms with Crippen molar-refractivity contribution in [3.63, 3.8) is 0 Å². The van der Waals surface area contributed by atoms with E-state index >= 15 is 0 Å². The molecule has 0 atom stereocenters. The summed E-state index contributed by atoms with van der Waals surface area (Å²) in [5.74, 6) is 0.941. The van der Waals surface area contributed by atoms with Gasteiger partial charge in [0.2, 0.25) is 0 Å². The summed E-state index contributed by atoms with van der Waals surface area (Å²) in [6.45, 7) is 0. The van der Waals surface area contributed by atoms with Crippen LogP contribution in [0.1, 0.15) is 0 Å². The molecule has 3 heteroatoms. The monoisotopic (exact) mass is 183 g/mol. The van der Waals surface area contributed by atoms with Gasteiger partial charge in [-0.2, -0.15) is 0 Å². The average molecular weight is 183 g/mol. The summed E-state index contributed by atoms with van der Waals surface area (Å²) in [7, 11) is 0. The molecule has 3 nitrogen and oxygen atoms in total. The van der Waals surface area contributed by atoms with Crippen LogP contribution in [0.2, 0.25) is 0 Å². The third kappa shape index (κ3) is 0.956. The molecule has 0 aliphatic carbocycles. The number of nitrogens with zero attached hydrogens (tertiary/aromatic N) is 3. The van der Waals surface area contributed by atoms with E-state index in [2.05, 4.69) is 10.0 Å². The van der Waals surface area contributed by atoms with Crippen LogP contribution in [0.5, 0.6) is 0 Å². The topological polar surface area (TPSA) is 18.8 Å². The first-order valence-electron chi connectivity index (χ1n) is 4.51. The molecule has 0 unspecified atom stereocenters. The molecule has 3 rings (SSSR count). The quantitative estimate of drug-likeness (QED) is 0.571. The van der Waals surface area contributed by atoms with Crippen LogP contribution in [-0.4, -0.2) is 15.9 Å². The van der Waals surface area contributed by atoms with Crippen LogP contribution < -0.4 is 0 Å². The molecule has 0 amide bonds. The van der Waals surface area contributed by atoms with E-state index in [0.29, 0.717) is 0 Å². The van der Waals surface area contributed by atoms with Crippen molar-refractivity contribution in [3.8, 4) is 0 Å². The zero-order valence-electron chi connectivity index (χ0n) is 7.54. The van der Waals surface area contributed by atoms with E-state index in [9.17, 15) is 0 Å². The van der Waals surface area contributed by atoms with E-state index in [4.69, 9.17) is 0 Å². The molecule has 68 valence electrons. The predicted octanol–water partition coefficient (Wildman–Crippen LogP) is 1.93. The maximum absolute atomic E-state index is 4.35. The van der Waals surface area contributed by atoms with E-state index in [1.165, 1.54) is 0 Å². The van der Waals surface area contributed by atoms with E-state index in [1.807, 2.05) is 60.1 Å². The van der Waals surface area contributed by atoms with Crippen molar-refractivity contribution in [2.24, 2.45) is 4.99 Å². The van der Waals surface area contributed by atoms with Gasteiger partial charge in [-0.1, -0.05) is 12.2 Å². The van der Waals surface area contributed by atoms with Crippen molar-refractivity contribution in [1.82, 2.24) is 10.0 Å². The Morgan fingerprint density at radius 3 is 2.57 bits per heavy atom. The highest BCUT2D eigenvalue weighted by molar-refractivity contribution is 5.95. The Bertz CT molecular complexity index is 393.